The van der Waals surface area contributed by atoms with Crippen LogP contribution in [0.15, 0.2) is 39.9 Å². The number of hydrogen-bond acceptors (Lipinski definition) is 4. The number of aromatic nitrogens is 2. The molecular formula is C13H14N4O3. The zero-order valence-electron chi connectivity index (χ0n) is 11.1. The first-order chi connectivity index (χ1) is 9.45. The molecule has 0 saturated heterocycles. The molecule has 1 heterocycles. The van der Waals surface area contributed by atoms with Crippen LogP contribution in [-0.2, 0) is 11.8 Å². The van der Waals surface area contributed by atoms with Crippen molar-refractivity contribution >= 4 is 23.1 Å². The number of H-pyrrole nitrogens is 1. The van der Waals surface area contributed by atoms with Gasteiger partial charge in [0, 0.05) is 31.4 Å². The molecule has 7 nitrogen and oxygen atoms in total. The maximum absolute atomic E-state index is 11.5. The summed E-state index contributed by atoms with van der Waals surface area (Å²) in [6, 6.07) is 8.16. The second-order valence-electron chi connectivity index (χ2n) is 4.27. The van der Waals surface area contributed by atoms with Gasteiger partial charge in [-0.05, 0) is 24.3 Å². The largest absolute Gasteiger partial charge is 0.342 e. The average molecular weight is 274 g/mol. The Morgan fingerprint density at radius 1 is 1.15 bits per heavy atom. The first-order valence-corrected chi connectivity index (χ1v) is 5.91. The van der Waals surface area contributed by atoms with E-state index in [1.54, 1.807) is 24.3 Å². The number of nitrogens with one attached hydrogen (secondary N) is 3. The van der Waals surface area contributed by atoms with Gasteiger partial charge >= 0.3 is 5.69 Å². The third-order valence-corrected chi connectivity index (χ3v) is 2.63. The van der Waals surface area contributed by atoms with Gasteiger partial charge < -0.3 is 10.6 Å². The van der Waals surface area contributed by atoms with Gasteiger partial charge in [-0.1, -0.05) is 0 Å². The molecule has 0 radical (unpaired) electrons. The lowest BCUT2D eigenvalue weighted by Gasteiger charge is -2.08. The van der Waals surface area contributed by atoms with Crippen LogP contribution in [0.5, 0.6) is 0 Å². The van der Waals surface area contributed by atoms with Crippen LogP contribution >= 0.6 is 0 Å². The fourth-order valence-corrected chi connectivity index (χ4v) is 1.62. The highest BCUT2D eigenvalue weighted by Crippen LogP contribution is 2.16. The molecule has 104 valence electrons. The molecule has 2 aromatic rings. The summed E-state index contributed by atoms with van der Waals surface area (Å²) in [6.07, 6.45) is 0. The Bertz CT molecular complexity index is 712. The zero-order valence-corrected chi connectivity index (χ0v) is 11.1. The molecule has 0 fully saturated rings. The van der Waals surface area contributed by atoms with Crippen LogP contribution in [0.2, 0.25) is 0 Å². The highest BCUT2D eigenvalue weighted by Gasteiger charge is 2.01. The number of carbonyl (C=O) groups excluding carboxylic acids is 1. The number of anilines is 3. The van der Waals surface area contributed by atoms with Gasteiger partial charge in [-0.2, -0.15) is 0 Å². The minimum absolute atomic E-state index is 0.151. The summed E-state index contributed by atoms with van der Waals surface area (Å²) < 4.78 is 0.977. The summed E-state index contributed by atoms with van der Waals surface area (Å²) in [5.74, 6) is 0.159. The summed E-state index contributed by atoms with van der Waals surface area (Å²) in [5, 5.41) is 5.56. The Morgan fingerprint density at radius 2 is 1.75 bits per heavy atom. The molecule has 3 N–H and O–H groups in total. The molecule has 0 spiro atoms. The van der Waals surface area contributed by atoms with Crippen LogP contribution in [0.25, 0.3) is 0 Å². The van der Waals surface area contributed by atoms with Crippen molar-refractivity contribution in [1.29, 1.82) is 0 Å². The molecule has 1 amide bonds. The van der Waals surface area contributed by atoms with E-state index in [4.69, 9.17) is 0 Å². The Kier molecular flexibility index (Phi) is 3.69. The van der Waals surface area contributed by atoms with Crippen LogP contribution in [0.3, 0.4) is 0 Å². The Morgan fingerprint density at radius 3 is 2.30 bits per heavy atom. The van der Waals surface area contributed by atoms with Crippen LogP contribution in [0.4, 0.5) is 17.2 Å². The SMILES string of the molecule is CC(=O)Nc1ccc(Nc2cc(=O)n(C)c(=O)[nH]2)cc1. The van der Waals surface area contributed by atoms with E-state index in [0.29, 0.717) is 17.2 Å². The quantitative estimate of drug-likeness (QED) is 0.770. The molecule has 0 atom stereocenters. The van der Waals surface area contributed by atoms with Gasteiger partial charge in [0.2, 0.25) is 5.91 Å². The van der Waals surface area contributed by atoms with E-state index in [2.05, 4.69) is 15.6 Å². The third-order valence-electron chi connectivity index (χ3n) is 2.63. The van der Waals surface area contributed by atoms with Crippen molar-refractivity contribution in [3.8, 4) is 0 Å². The van der Waals surface area contributed by atoms with Crippen molar-refractivity contribution in [2.45, 2.75) is 6.92 Å². The summed E-state index contributed by atoms with van der Waals surface area (Å²) >= 11 is 0. The number of amides is 1. The Balaban J connectivity index is 2.20. The van der Waals surface area contributed by atoms with Crippen molar-refractivity contribution in [3.63, 3.8) is 0 Å². The number of rotatable bonds is 3. The lowest BCUT2D eigenvalue weighted by atomic mass is 10.2. The molecule has 1 aromatic carbocycles. The third kappa shape index (κ3) is 3.14. The lowest BCUT2D eigenvalue weighted by Crippen LogP contribution is -2.32. The van der Waals surface area contributed by atoms with Crippen molar-refractivity contribution in [3.05, 3.63) is 51.2 Å². The number of carbonyl (C=O) groups is 1. The van der Waals surface area contributed by atoms with Crippen molar-refractivity contribution in [1.82, 2.24) is 9.55 Å². The average Bonchev–Trinajstić information content (AvgIpc) is 2.37. The number of nitrogens with zero attached hydrogens (tertiary/aromatic N) is 1. The van der Waals surface area contributed by atoms with Gasteiger partial charge in [0.15, 0.2) is 0 Å². The molecule has 0 saturated carbocycles. The molecule has 0 aliphatic carbocycles. The van der Waals surface area contributed by atoms with E-state index in [1.807, 2.05) is 0 Å². The van der Waals surface area contributed by atoms with E-state index in [9.17, 15) is 14.4 Å². The number of aromatic amines is 1. The molecular weight excluding hydrogens is 260 g/mol. The van der Waals surface area contributed by atoms with Crippen LogP contribution in [0, 0.1) is 0 Å². The van der Waals surface area contributed by atoms with Crippen molar-refractivity contribution in [2.24, 2.45) is 7.05 Å². The Labute approximate surface area is 114 Å². The molecule has 0 aliphatic heterocycles. The summed E-state index contributed by atoms with van der Waals surface area (Å²) in [5.41, 5.74) is 0.463. The standard InChI is InChI=1S/C13H14N4O3/c1-8(18)14-9-3-5-10(6-4-9)15-11-7-12(19)17(2)13(20)16-11/h3-7,15H,1-2H3,(H,14,18)(H,16,20). The molecule has 2 rings (SSSR count). The van der Waals surface area contributed by atoms with Gasteiger partial charge in [-0.3, -0.25) is 19.1 Å². The molecule has 0 aliphatic rings. The van der Waals surface area contributed by atoms with Crippen molar-refractivity contribution in [2.75, 3.05) is 10.6 Å². The zero-order chi connectivity index (χ0) is 14.7. The normalized spacial score (nSPS) is 10.1. The minimum Gasteiger partial charge on any atom is -0.342 e. The van der Waals surface area contributed by atoms with E-state index < -0.39 is 11.2 Å². The smallest absolute Gasteiger partial charge is 0.329 e. The monoisotopic (exact) mass is 274 g/mol. The highest BCUT2D eigenvalue weighted by molar-refractivity contribution is 5.88. The summed E-state index contributed by atoms with van der Waals surface area (Å²) in [7, 11) is 1.40. The van der Waals surface area contributed by atoms with Gasteiger partial charge in [0.25, 0.3) is 5.56 Å². The highest BCUT2D eigenvalue weighted by atomic mass is 16.2. The van der Waals surface area contributed by atoms with Gasteiger partial charge in [-0.25, -0.2) is 4.79 Å². The number of hydrogen-bond donors (Lipinski definition) is 3. The van der Waals surface area contributed by atoms with Crippen LogP contribution in [-0.4, -0.2) is 15.5 Å². The van der Waals surface area contributed by atoms with E-state index >= 15 is 0 Å². The maximum Gasteiger partial charge on any atom is 0.329 e. The van der Waals surface area contributed by atoms with Gasteiger partial charge in [0.05, 0.1) is 0 Å². The molecule has 7 heteroatoms. The van der Waals surface area contributed by atoms with Crippen LogP contribution < -0.4 is 21.9 Å². The van der Waals surface area contributed by atoms with Crippen molar-refractivity contribution < 1.29 is 4.79 Å². The number of benzene rings is 1. The molecule has 0 unspecified atom stereocenters. The lowest BCUT2D eigenvalue weighted by molar-refractivity contribution is -0.114. The first kappa shape index (κ1) is 13.6. The second kappa shape index (κ2) is 5.43. The van der Waals surface area contributed by atoms with E-state index in [1.165, 1.54) is 20.0 Å². The maximum atomic E-state index is 11.5. The topological polar surface area (TPSA) is 96.0 Å². The summed E-state index contributed by atoms with van der Waals surface area (Å²) in [6.45, 7) is 1.43. The molecule has 20 heavy (non-hydrogen) atoms. The minimum atomic E-state index is -0.491. The molecule has 0 bridgehead atoms. The predicted molar refractivity (Wildman–Crippen MR) is 76.3 cm³/mol. The van der Waals surface area contributed by atoms with E-state index in [-0.39, 0.29) is 5.91 Å². The van der Waals surface area contributed by atoms with E-state index in [0.717, 1.165) is 4.57 Å². The second-order valence-corrected chi connectivity index (χ2v) is 4.27. The van der Waals surface area contributed by atoms with Crippen LogP contribution in [0.1, 0.15) is 6.92 Å². The summed E-state index contributed by atoms with van der Waals surface area (Å²) in [4.78, 5) is 36.4. The Hall–Kier alpha value is -2.83. The fraction of sp³-hybridized carbons (Fsp3) is 0.154. The predicted octanol–water partition coefficient (Wildman–Crippen LogP) is 0.776. The first-order valence-electron chi connectivity index (χ1n) is 5.91. The van der Waals surface area contributed by atoms with Gasteiger partial charge in [-0.15, -0.1) is 0 Å². The fourth-order valence-electron chi connectivity index (χ4n) is 1.62. The van der Waals surface area contributed by atoms with Gasteiger partial charge in [0.1, 0.15) is 5.82 Å². The molecule has 1 aromatic heterocycles.